The Labute approximate surface area is 135 Å². The van der Waals surface area contributed by atoms with Crippen molar-refractivity contribution >= 4 is 0 Å². The number of phenolic OH excluding ortho intramolecular Hbond substituents is 1. The lowest BCUT2D eigenvalue weighted by Gasteiger charge is -2.20. The van der Waals surface area contributed by atoms with Crippen molar-refractivity contribution in [2.45, 2.75) is 19.3 Å². The molecular weight excluding hydrogens is 296 g/mol. The minimum Gasteiger partial charge on any atom is -0.508 e. The summed E-state index contributed by atoms with van der Waals surface area (Å²) in [5.74, 6) is 2.38. The number of ether oxygens (including phenoxy) is 3. The van der Waals surface area contributed by atoms with Gasteiger partial charge in [0, 0.05) is 17.5 Å². The molecule has 0 saturated carbocycles. The summed E-state index contributed by atoms with van der Waals surface area (Å²) >= 11 is 0. The number of phenols is 1. The summed E-state index contributed by atoms with van der Waals surface area (Å²) in [6.07, 6.45) is 0.861. The molecule has 2 N–H and O–H groups in total. The van der Waals surface area contributed by atoms with Gasteiger partial charge in [-0.1, -0.05) is 19.1 Å². The largest absolute Gasteiger partial charge is 0.508 e. The van der Waals surface area contributed by atoms with Crippen LogP contribution in [-0.4, -0.2) is 30.2 Å². The predicted octanol–water partition coefficient (Wildman–Crippen LogP) is 3.03. The molecule has 0 saturated heterocycles. The number of hydrogen-bond donors (Lipinski definition) is 2. The van der Waals surface area contributed by atoms with E-state index in [1.165, 1.54) is 0 Å². The molecule has 0 fully saturated rings. The monoisotopic (exact) mass is 316 g/mol. The second kappa shape index (κ2) is 6.79. The number of aliphatic hydroxyl groups is 1. The summed E-state index contributed by atoms with van der Waals surface area (Å²) < 4.78 is 16.6. The summed E-state index contributed by atoms with van der Waals surface area (Å²) in [4.78, 5) is 0. The Morgan fingerprint density at radius 2 is 1.83 bits per heavy atom. The lowest BCUT2D eigenvalue weighted by Crippen LogP contribution is -2.07. The Bertz CT molecular complexity index is 666. The first-order valence-corrected chi connectivity index (χ1v) is 7.69. The lowest BCUT2D eigenvalue weighted by atomic mass is 9.88. The molecule has 1 atom stereocenters. The number of aliphatic hydroxyl groups excluding tert-OH is 1. The third-order valence-electron chi connectivity index (χ3n) is 3.93. The van der Waals surface area contributed by atoms with Gasteiger partial charge in [-0.2, -0.15) is 0 Å². The van der Waals surface area contributed by atoms with Crippen LogP contribution in [0, 0.1) is 0 Å². The molecule has 0 bridgehead atoms. The maximum atomic E-state index is 9.49. The van der Waals surface area contributed by atoms with Crippen molar-refractivity contribution < 1.29 is 24.4 Å². The number of hydrogen-bond acceptors (Lipinski definition) is 5. The summed E-state index contributed by atoms with van der Waals surface area (Å²) in [5, 5.41) is 18.5. The topological polar surface area (TPSA) is 68.2 Å². The van der Waals surface area contributed by atoms with E-state index in [0.29, 0.717) is 17.2 Å². The molecule has 0 aromatic heterocycles. The van der Waals surface area contributed by atoms with Gasteiger partial charge < -0.3 is 24.4 Å². The molecule has 122 valence electrons. The van der Waals surface area contributed by atoms with E-state index in [1.54, 1.807) is 12.1 Å². The number of aromatic hydroxyl groups is 1. The SMILES string of the molecule is CC[C@@H](c1ccc(O)cc1)c1cc2c(cc1OCCO)OCO2. The average Bonchev–Trinajstić information content (AvgIpc) is 3.02. The Kier molecular flexibility index (Phi) is 4.57. The highest BCUT2D eigenvalue weighted by molar-refractivity contribution is 5.55. The third kappa shape index (κ3) is 3.19. The minimum atomic E-state index is -0.0517. The molecule has 1 aliphatic heterocycles. The van der Waals surface area contributed by atoms with Crippen LogP contribution >= 0.6 is 0 Å². The van der Waals surface area contributed by atoms with Crippen molar-refractivity contribution in [1.29, 1.82) is 0 Å². The van der Waals surface area contributed by atoms with Crippen molar-refractivity contribution in [3.05, 3.63) is 47.5 Å². The van der Waals surface area contributed by atoms with Gasteiger partial charge in [-0.3, -0.25) is 0 Å². The summed E-state index contributed by atoms with van der Waals surface area (Å²) in [7, 11) is 0. The van der Waals surface area contributed by atoms with Crippen LogP contribution in [0.15, 0.2) is 36.4 Å². The van der Waals surface area contributed by atoms with E-state index in [1.807, 2.05) is 24.3 Å². The van der Waals surface area contributed by atoms with Crippen LogP contribution in [0.2, 0.25) is 0 Å². The normalized spacial score (nSPS) is 13.8. The Balaban J connectivity index is 2.02. The van der Waals surface area contributed by atoms with Gasteiger partial charge in [-0.25, -0.2) is 0 Å². The highest BCUT2D eigenvalue weighted by atomic mass is 16.7. The summed E-state index contributed by atoms with van der Waals surface area (Å²) in [5.41, 5.74) is 2.06. The Morgan fingerprint density at radius 3 is 2.48 bits per heavy atom. The molecule has 0 aliphatic carbocycles. The molecule has 23 heavy (non-hydrogen) atoms. The van der Waals surface area contributed by atoms with Crippen LogP contribution < -0.4 is 14.2 Å². The van der Waals surface area contributed by atoms with Gasteiger partial charge in [0.1, 0.15) is 18.1 Å². The first-order chi connectivity index (χ1) is 11.2. The number of benzene rings is 2. The van der Waals surface area contributed by atoms with Crippen LogP contribution in [0.5, 0.6) is 23.0 Å². The molecule has 0 radical (unpaired) electrons. The minimum absolute atomic E-state index is 0.0517. The third-order valence-corrected chi connectivity index (χ3v) is 3.93. The van der Waals surface area contributed by atoms with Crippen molar-refractivity contribution in [3.8, 4) is 23.0 Å². The molecule has 2 aromatic rings. The summed E-state index contributed by atoms with van der Waals surface area (Å²) in [6, 6.07) is 10.9. The van der Waals surface area contributed by atoms with Gasteiger partial charge in [0.15, 0.2) is 11.5 Å². The van der Waals surface area contributed by atoms with E-state index in [2.05, 4.69) is 6.92 Å². The van der Waals surface area contributed by atoms with Gasteiger partial charge >= 0.3 is 0 Å². The summed E-state index contributed by atoms with van der Waals surface area (Å²) in [6.45, 7) is 2.47. The zero-order chi connectivity index (χ0) is 16.2. The van der Waals surface area contributed by atoms with E-state index in [4.69, 9.17) is 19.3 Å². The molecule has 0 unspecified atom stereocenters. The van der Waals surface area contributed by atoms with Crippen LogP contribution in [0.3, 0.4) is 0 Å². The fourth-order valence-electron chi connectivity index (χ4n) is 2.83. The fraction of sp³-hybridized carbons (Fsp3) is 0.333. The molecular formula is C18H20O5. The predicted molar refractivity (Wildman–Crippen MR) is 85.4 cm³/mol. The molecule has 0 spiro atoms. The van der Waals surface area contributed by atoms with E-state index in [-0.39, 0.29) is 31.7 Å². The maximum Gasteiger partial charge on any atom is 0.231 e. The quantitative estimate of drug-likeness (QED) is 0.857. The molecule has 1 heterocycles. The first-order valence-electron chi connectivity index (χ1n) is 7.69. The zero-order valence-corrected chi connectivity index (χ0v) is 13.0. The fourth-order valence-corrected chi connectivity index (χ4v) is 2.83. The molecule has 5 heteroatoms. The van der Waals surface area contributed by atoms with Crippen LogP contribution in [0.25, 0.3) is 0 Å². The van der Waals surface area contributed by atoms with Crippen LogP contribution in [0.4, 0.5) is 0 Å². The van der Waals surface area contributed by atoms with Crippen molar-refractivity contribution in [1.82, 2.24) is 0 Å². The molecule has 1 aliphatic rings. The maximum absolute atomic E-state index is 9.49. The van der Waals surface area contributed by atoms with Gasteiger partial charge in [-0.05, 0) is 30.2 Å². The van der Waals surface area contributed by atoms with Gasteiger partial charge in [0.05, 0.1) is 6.61 Å². The van der Waals surface area contributed by atoms with Gasteiger partial charge in [-0.15, -0.1) is 0 Å². The van der Waals surface area contributed by atoms with Crippen molar-refractivity contribution in [2.24, 2.45) is 0 Å². The lowest BCUT2D eigenvalue weighted by molar-refractivity contribution is 0.173. The average molecular weight is 316 g/mol. The second-order valence-corrected chi connectivity index (χ2v) is 5.37. The zero-order valence-electron chi connectivity index (χ0n) is 13.0. The second-order valence-electron chi connectivity index (χ2n) is 5.37. The van der Waals surface area contributed by atoms with E-state index in [9.17, 15) is 5.11 Å². The molecule has 5 nitrogen and oxygen atoms in total. The van der Waals surface area contributed by atoms with E-state index < -0.39 is 0 Å². The highest BCUT2D eigenvalue weighted by Gasteiger charge is 2.23. The number of rotatable bonds is 6. The molecule has 2 aromatic carbocycles. The van der Waals surface area contributed by atoms with E-state index in [0.717, 1.165) is 17.5 Å². The van der Waals surface area contributed by atoms with Gasteiger partial charge in [0.25, 0.3) is 0 Å². The van der Waals surface area contributed by atoms with Crippen molar-refractivity contribution in [3.63, 3.8) is 0 Å². The Hall–Kier alpha value is -2.40. The van der Waals surface area contributed by atoms with Crippen LogP contribution in [0.1, 0.15) is 30.4 Å². The standard InChI is InChI=1S/C18H20O5/c1-2-14(12-3-5-13(20)6-4-12)15-9-17-18(23-11-22-17)10-16(15)21-8-7-19/h3-6,9-10,14,19-20H,2,7-8,11H2,1H3/t14-/m0/s1. The molecule has 0 amide bonds. The first kappa shape index (κ1) is 15.5. The van der Waals surface area contributed by atoms with E-state index >= 15 is 0 Å². The molecule has 3 rings (SSSR count). The Morgan fingerprint density at radius 1 is 1.13 bits per heavy atom. The van der Waals surface area contributed by atoms with Gasteiger partial charge in [0.2, 0.25) is 6.79 Å². The van der Waals surface area contributed by atoms with Crippen molar-refractivity contribution in [2.75, 3.05) is 20.0 Å². The number of fused-ring (bicyclic) bond motifs is 1. The highest BCUT2D eigenvalue weighted by Crippen LogP contribution is 2.43. The smallest absolute Gasteiger partial charge is 0.231 e. The van der Waals surface area contributed by atoms with Crippen LogP contribution in [-0.2, 0) is 0 Å².